The second-order valence-electron chi connectivity index (χ2n) is 7.78. The van der Waals surface area contributed by atoms with Crippen LogP contribution in [0.15, 0.2) is 82.4 Å². The van der Waals surface area contributed by atoms with Gasteiger partial charge >= 0.3 is 0 Å². The van der Waals surface area contributed by atoms with Crippen LogP contribution >= 0.6 is 15.9 Å². The lowest BCUT2D eigenvalue weighted by Crippen LogP contribution is -2.25. The van der Waals surface area contributed by atoms with Crippen LogP contribution in [0.4, 0.5) is 17.1 Å². The van der Waals surface area contributed by atoms with Gasteiger partial charge in [-0.05, 0) is 38.4 Å². The van der Waals surface area contributed by atoms with E-state index < -0.39 is 0 Å². The predicted molar refractivity (Wildman–Crippen MR) is 136 cm³/mol. The Bertz CT molecular complexity index is 1320. The van der Waals surface area contributed by atoms with Gasteiger partial charge in [-0.25, -0.2) is 5.84 Å². The Morgan fingerprint density at radius 1 is 0.844 bits per heavy atom. The molecule has 0 aliphatic heterocycles. The number of halogens is 1. The Morgan fingerprint density at radius 3 is 2.03 bits per heavy atom. The Morgan fingerprint density at radius 2 is 1.41 bits per heavy atom. The molecule has 0 saturated carbocycles. The first-order valence-corrected chi connectivity index (χ1v) is 11.1. The summed E-state index contributed by atoms with van der Waals surface area (Å²) in [6.07, 6.45) is 0. The van der Waals surface area contributed by atoms with Crippen molar-refractivity contribution in [1.82, 2.24) is 4.90 Å². The molecule has 0 saturated heterocycles. The zero-order valence-electron chi connectivity index (χ0n) is 18.1. The molecule has 7 heteroatoms. The fraction of sp³-hybridized carbons (Fsp3) is 0.160. The lowest BCUT2D eigenvalue weighted by atomic mass is 10.1. The fourth-order valence-electron chi connectivity index (χ4n) is 3.66. The van der Waals surface area contributed by atoms with Gasteiger partial charge in [0.15, 0.2) is 0 Å². The number of hydrogen-bond acceptors (Lipinski definition) is 6. The van der Waals surface area contributed by atoms with E-state index in [-0.39, 0.29) is 0 Å². The number of benzene rings is 3. The van der Waals surface area contributed by atoms with E-state index in [2.05, 4.69) is 26.0 Å². The van der Waals surface area contributed by atoms with Crippen LogP contribution in [-0.2, 0) is 4.84 Å². The summed E-state index contributed by atoms with van der Waals surface area (Å²) in [6.45, 7) is 1.25. The molecule has 0 amide bonds. The van der Waals surface area contributed by atoms with E-state index >= 15 is 0 Å². The maximum atomic E-state index is 6.78. The van der Waals surface area contributed by atoms with Crippen molar-refractivity contribution >= 4 is 54.5 Å². The lowest BCUT2D eigenvalue weighted by Gasteiger charge is -2.21. The summed E-state index contributed by atoms with van der Waals surface area (Å²) >= 11 is 3.48. The van der Waals surface area contributed by atoms with Gasteiger partial charge in [0.2, 0.25) is 0 Å². The number of hydrazine groups is 1. The quantitative estimate of drug-likeness (QED) is 0.231. The van der Waals surface area contributed by atoms with Gasteiger partial charge in [-0.15, -0.1) is 0 Å². The highest BCUT2D eigenvalue weighted by Gasteiger charge is 2.16. The van der Waals surface area contributed by atoms with Crippen LogP contribution in [0.2, 0.25) is 0 Å². The number of nitrogens with zero attached hydrogens (tertiary/aromatic N) is 3. The second-order valence-corrected chi connectivity index (χ2v) is 8.69. The van der Waals surface area contributed by atoms with Gasteiger partial charge in [0.1, 0.15) is 12.0 Å². The summed E-state index contributed by atoms with van der Waals surface area (Å²) < 4.78 is 0.979. The molecule has 0 fully saturated rings. The molecule has 0 bridgehead atoms. The molecule has 0 spiro atoms. The van der Waals surface area contributed by atoms with Crippen LogP contribution < -0.4 is 21.9 Å². The SMILES string of the molecule is CN(C)CCO/N=c1/c2ccccc2c(N)c(N(N)c2ccc(Br)cc2)c2ccccc12. The normalized spacial score (nSPS) is 12.0. The van der Waals surface area contributed by atoms with Crippen LogP contribution in [0.1, 0.15) is 0 Å². The van der Waals surface area contributed by atoms with Crippen molar-refractivity contribution in [3.8, 4) is 0 Å². The monoisotopic (exact) mass is 491 g/mol. The summed E-state index contributed by atoms with van der Waals surface area (Å²) in [6, 6.07) is 23.7. The first-order valence-electron chi connectivity index (χ1n) is 10.3. The molecule has 4 N–H and O–H groups in total. The van der Waals surface area contributed by atoms with E-state index in [9.17, 15) is 0 Å². The molecule has 0 radical (unpaired) electrons. The number of nitrogens with two attached hydrogens (primary N) is 2. The smallest absolute Gasteiger partial charge is 0.129 e. The van der Waals surface area contributed by atoms with E-state index in [0.717, 1.165) is 43.6 Å². The average Bonchev–Trinajstić information content (AvgIpc) is 2.89. The van der Waals surface area contributed by atoms with Crippen molar-refractivity contribution in [2.24, 2.45) is 11.0 Å². The van der Waals surface area contributed by atoms with Gasteiger partial charge in [-0.2, -0.15) is 0 Å². The van der Waals surface area contributed by atoms with Gasteiger partial charge in [0.25, 0.3) is 0 Å². The fourth-order valence-corrected chi connectivity index (χ4v) is 3.92. The van der Waals surface area contributed by atoms with Crippen molar-refractivity contribution in [2.45, 2.75) is 0 Å². The molecular weight excluding hydrogens is 466 g/mol. The molecule has 4 aromatic rings. The van der Waals surface area contributed by atoms with E-state index in [1.54, 1.807) is 5.01 Å². The second kappa shape index (κ2) is 9.56. The third-order valence-electron chi connectivity index (χ3n) is 5.30. The van der Waals surface area contributed by atoms with E-state index in [0.29, 0.717) is 18.0 Å². The largest absolute Gasteiger partial charge is 0.396 e. The number of likely N-dealkylation sites (N-methyl/N-ethyl adjacent to an activating group) is 1. The van der Waals surface area contributed by atoms with E-state index in [4.69, 9.17) is 16.4 Å². The molecule has 0 aliphatic carbocycles. The number of anilines is 3. The molecule has 0 unspecified atom stereocenters. The minimum atomic E-state index is 0.485. The van der Waals surface area contributed by atoms with Gasteiger partial charge < -0.3 is 15.5 Å². The average molecular weight is 492 g/mol. The molecule has 0 heterocycles. The summed E-state index contributed by atoms with van der Waals surface area (Å²) in [5, 5.41) is 10.5. The zero-order chi connectivity index (χ0) is 22.7. The Labute approximate surface area is 195 Å². The number of rotatable bonds is 6. The number of nitrogen functional groups attached to an aromatic ring is 1. The highest BCUT2D eigenvalue weighted by molar-refractivity contribution is 9.10. The van der Waals surface area contributed by atoms with Crippen molar-refractivity contribution in [3.63, 3.8) is 0 Å². The third-order valence-corrected chi connectivity index (χ3v) is 5.82. The molecule has 0 atom stereocenters. The van der Waals surface area contributed by atoms with Crippen LogP contribution in [0.3, 0.4) is 0 Å². The molecule has 164 valence electrons. The molecule has 0 aliphatic rings. The molecular formula is C25H26BrN5O. The number of hydrogen-bond donors (Lipinski definition) is 2. The topological polar surface area (TPSA) is 80.1 Å². The van der Waals surface area contributed by atoms with Crippen LogP contribution in [0, 0.1) is 0 Å². The Kier molecular flexibility index (Phi) is 6.60. The van der Waals surface area contributed by atoms with E-state index in [1.807, 2.05) is 86.9 Å². The van der Waals surface area contributed by atoms with Crippen molar-refractivity contribution < 1.29 is 4.84 Å². The highest BCUT2D eigenvalue weighted by atomic mass is 79.9. The van der Waals surface area contributed by atoms with Gasteiger partial charge in [-0.1, -0.05) is 69.6 Å². The van der Waals surface area contributed by atoms with Gasteiger partial charge in [0, 0.05) is 32.6 Å². The summed E-state index contributed by atoms with van der Waals surface area (Å²) in [7, 11) is 4.00. The number of fused-ring (bicyclic) bond motifs is 2. The molecule has 32 heavy (non-hydrogen) atoms. The summed E-state index contributed by atoms with van der Waals surface area (Å²) in [5.74, 6) is 6.66. The van der Waals surface area contributed by atoms with E-state index in [1.165, 1.54) is 0 Å². The molecule has 4 rings (SSSR count). The molecule has 6 nitrogen and oxygen atoms in total. The zero-order valence-corrected chi connectivity index (χ0v) is 19.7. The predicted octanol–water partition coefficient (Wildman–Crippen LogP) is 4.74. The Hall–Kier alpha value is -3.13. The summed E-state index contributed by atoms with van der Waals surface area (Å²) in [5.41, 5.74) is 8.89. The summed E-state index contributed by atoms with van der Waals surface area (Å²) in [4.78, 5) is 7.77. The van der Waals surface area contributed by atoms with Gasteiger partial charge in [-0.3, -0.25) is 5.01 Å². The van der Waals surface area contributed by atoms with Crippen molar-refractivity contribution in [1.29, 1.82) is 0 Å². The molecule has 4 aromatic carbocycles. The minimum Gasteiger partial charge on any atom is -0.396 e. The standard InChI is InChI=1S/C25H26BrN5O/c1-30(2)15-16-32-29-24-20-8-4-3-7-19(20)23(27)25(22-10-6-5-9-21(22)24)31(28)18-13-11-17(26)12-14-18/h3-14H,15-16,27-28H2,1-2H3/b29-24-. The third kappa shape index (κ3) is 4.41. The van der Waals surface area contributed by atoms with Crippen molar-refractivity contribution in [2.75, 3.05) is 38.0 Å². The first kappa shape index (κ1) is 22.1. The minimum absolute atomic E-state index is 0.485. The molecule has 0 aromatic heterocycles. The maximum Gasteiger partial charge on any atom is 0.129 e. The first-order chi connectivity index (χ1) is 15.5. The highest BCUT2D eigenvalue weighted by Crippen LogP contribution is 2.37. The van der Waals surface area contributed by atoms with Crippen LogP contribution in [0.5, 0.6) is 0 Å². The van der Waals surface area contributed by atoms with Crippen LogP contribution in [-0.4, -0.2) is 32.1 Å². The Balaban J connectivity index is 2.04. The van der Waals surface area contributed by atoms with Crippen LogP contribution in [0.25, 0.3) is 21.5 Å². The van der Waals surface area contributed by atoms with Crippen molar-refractivity contribution in [3.05, 3.63) is 82.6 Å². The van der Waals surface area contributed by atoms with Gasteiger partial charge in [0.05, 0.1) is 17.1 Å². The maximum absolute atomic E-state index is 6.78. The lowest BCUT2D eigenvalue weighted by molar-refractivity contribution is 0.117.